The number of piperidine rings is 1. The van der Waals surface area contributed by atoms with Crippen molar-refractivity contribution in [1.29, 1.82) is 0 Å². The number of carbonyl (C=O) groups excluding carboxylic acids is 1. The first-order valence-electron chi connectivity index (χ1n) is 10.1. The highest BCUT2D eigenvalue weighted by atomic mass is 127. The molecule has 176 valence electrons. The maximum absolute atomic E-state index is 12.4. The lowest BCUT2D eigenvalue weighted by molar-refractivity contribution is 0.0193. The van der Waals surface area contributed by atoms with E-state index in [0.717, 1.165) is 24.3 Å². The van der Waals surface area contributed by atoms with Gasteiger partial charge in [-0.25, -0.2) is 17.5 Å². The lowest BCUT2D eigenvalue weighted by atomic mass is 10.1. The Morgan fingerprint density at radius 1 is 1.23 bits per heavy atom. The fourth-order valence-corrected chi connectivity index (χ4v) is 5.72. The zero-order valence-corrected chi connectivity index (χ0v) is 22.3. The summed E-state index contributed by atoms with van der Waals surface area (Å²) in [5.41, 5.74) is -0.520. The monoisotopic (exact) mass is 577 g/mol. The largest absolute Gasteiger partial charge is 0.444 e. The van der Waals surface area contributed by atoms with Crippen molar-refractivity contribution in [1.82, 2.24) is 19.8 Å². The van der Waals surface area contributed by atoms with Crippen molar-refractivity contribution >= 4 is 57.8 Å². The van der Waals surface area contributed by atoms with E-state index in [1.54, 1.807) is 28.0 Å². The van der Waals surface area contributed by atoms with E-state index in [1.807, 2.05) is 20.8 Å². The SMILES string of the molecule is CN=C(NCCS(=O)(=O)N1CCSCC1)NC1CCCN(C(=O)OC(C)(C)C)C1.I. The minimum atomic E-state index is -3.25. The fraction of sp³-hybridized carbons (Fsp3) is 0.889. The second-order valence-corrected chi connectivity index (χ2v) is 11.5. The van der Waals surface area contributed by atoms with Crippen molar-refractivity contribution in [2.75, 3.05) is 57.0 Å². The number of hydrogen-bond acceptors (Lipinski definition) is 6. The Kier molecular flexibility index (Phi) is 11.5. The van der Waals surface area contributed by atoms with Gasteiger partial charge in [0.1, 0.15) is 5.60 Å². The third-order valence-electron chi connectivity index (χ3n) is 4.65. The van der Waals surface area contributed by atoms with Gasteiger partial charge in [-0.1, -0.05) is 0 Å². The van der Waals surface area contributed by atoms with Crippen molar-refractivity contribution in [3.8, 4) is 0 Å². The topological polar surface area (TPSA) is 103 Å². The molecule has 1 unspecified atom stereocenters. The normalized spacial score (nSPS) is 21.5. The number of amides is 1. The molecule has 2 N–H and O–H groups in total. The molecule has 0 radical (unpaired) electrons. The first kappa shape index (κ1) is 27.6. The van der Waals surface area contributed by atoms with E-state index in [9.17, 15) is 13.2 Å². The van der Waals surface area contributed by atoms with Crippen LogP contribution in [0.3, 0.4) is 0 Å². The number of rotatable bonds is 5. The number of sulfonamides is 1. The van der Waals surface area contributed by atoms with Gasteiger partial charge in [-0.15, -0.1) is 24.0 Å². The molecule has 2 saturated heterocycles. The van der Waals surface area contributed by atoms with Gasteiger partial charge >= 0.3 is 6.09 Å². The first-order valence-corrected chi connectivity index (χ1v) is 12.9. The maximum atomic E-state index is 12.4. The lowest BCUT2D eigenvalue weighted by Crippen LogP contribution is -2.53. The number of likely N-dealkylation sites (tertiary alicyclic amines) is 1. The number of carbonyl (C=O) groups is 1. The van der Waals surface area contributed by atoms with Gasteiger partial charge in [0.15, 0.2) is 5.96 Å². The summed E-state index contributed by atoms with van der Waals surface area (Å²) in [5, 5.41) is 6.38. The van der Waals surface area contributed by atoms with E-state index >= 15 is 0 Å². The summed E-state index contributed by atoms with van der Waals surface area (Å²) < 4.78 is 31.9. The molecule has 2 aliphatic heterocycles. The van der Waals surface area contributed by atoms with Gasteiger partial charge in [-0.05, 0) is 33.6 Å². The summed E-state index contributed by atoms with van der Waals surface area (Å²) in [6, 6.07) is 0.0400. The quantitative estimate of drug-likeness (QED) is 0.291. The van der Waals surface area contributed by atoms with Crippen molar-refractivity contribution in [3.05, 3.63) is 0 Å². The molecule has 0 bridgehead atoms. The molecule has 30 heavy (non-hydrogen) atoms. The van der Waals surface area contributed by atoms with Crippen LogP contribution >= 0.6 is 35.7 Å². The van der Waals surface area contributed by atoms with E-state index in [-0.39, 0.29) is 48.4 Å². The van der Waals surface area contributed by atoms with Crippen molar-refractivity contribution in [2.24, 2.45) is 4.99 Å². The summed E-state index contributed by atoms with van der Waals surface area (Å²) >= 11 is 1.78. The molecule has 2 rings (SSSR count). The van der Waals surface area contributed by atoms with E-state index in [4.69, 9.17) is 4.74 Å². The predicted octanol–water partition coefficient (Wildman–Crippen LogP) is 1.55. The van der Waals surface area contributed by atoms with Crippen LogP contribution in [0, 0.1) is 0 Å². The molecular formula is C18H36IN5O4S2. The third-order valence-corrected chi connectivity index (χ3v) is 7.47. The van der Waals surface area contributed by atoms with Gasteiger partial charge in [0, 0.05) is 57.3 Å². The highest BCUT2D eigenvalue weighted by Gasteiger charge is 2.28. The Balaban J connectivity index is 0.00000450. The smallest absolute Gasteiger partial charge is 0.410 e. The van der Waals surface area contributed by atoms with Crippen LogP contribution in [0.4, 0.5) is 4.79 Å². The van der Waals surface area contributed by atoms with Crippen LogP contribution < -0.4 is 10.6 Å². The summed E-state index contributed by atoms with van der Waals surface area (Å²) in [7, 11) is -1.60. The number of nitrogens with zero attached hydrogens (tertiary/aromatic N) is 3. The van der Waals surface area contributed by atoms with Gasteiger partial charge in [0.2, 0.25) is 10.0 Å². The zero-order chi connectivity index (χ0) is 21.5. The maximum Gasteiger partial charge on any atom is 0.410 e. The first-order chi connectivity index (χ1) is 13.6. The highest BCUT2D eigenvalue weighted by Crippen LogP contribution is 2.16. The van der Waals surface area contributed by atoms with Crippen molar-refractivity contribution in [2.45, 2.75) is 45.3 Å². The molecule has 1 amide bonds. The van der Waals surface area contributed by atoms with Gasteiger partial charge in [-0.2, -0.15) is 11.8 Å². The Morgan fingerprint density at radius 2 is 1.90 bits per heavy atom. The predicted molar refractivity (Wildman–Crippen MR) is 133 cm³/mol. The molecule has 0 aromatic carbocycles. The van der Waals surface area contributed by atoms with Crippen LogP contribution in [0.2, 0.25) is 0 Å². The number of halogens is 1. The summed E-state index contributed by atoms with van der Waals surface area (Å²) in [4.78, 5) is 18.2. The summed E-state index contributed by atoms with van der Waals surface area (Å²) in [6.07, 6.45) is 1.47. The molecule has 12 heteroatoms. The number of nitrogens with one attached hydrogen (secondary N) is 2. The molecule has 9 nitrogen and oxygen atoms in total. The van der Waals surface area contributed by atoms with Crippen LogP contribution in [0.15, 0.2) is 4.99 Å². The second kappa shape index (κ2) is 12.5. The van der Waals surface area contributed by atoms with E-state index in [2.05, 4.69) is 15.6 Å². The number of aliphatic imine (C=N–C) groups is 1. The molecule has 2 aliphatic rings. The van der Waals surface area contributed by atoms with Crippen LogP contribution in [0.1, 0.15) is 33.6 Å². The summed E-state index contributed by atoms with van der Waals surface area (Å²) in [5.74, 6) is 2.29. The molecular weight excluding hydrogens is 541 g/mol. The number of hydrogen-bond donors (Lipinski definition) is 2. The number of ether oxygens (including phenoxy) is 1. The molecule has 1 atom stereocenters. The van der Waals surface area contributed by atoms with Gasteiger partial charge in [-0.3, -0.25) is 4.99 Å². The molecule has 0 saturated carbocycles. The lowest BCUT2D eigenvalue weighted by Gasteiger charge is -2.35. The Bertz CT molecular complexity index is 679. The highest BCUT2D eigenvalue weighted by molar-refractivity contribution is 14.0. The van der Waals surface area contributed by atoms with Gasteiger partial charge in [0.25, 0.3) is 0 Å². The van der Waals surface area contributed by atoms with Gasteiger partial charge < -0.3 is 20.3 Å². The molecule has 2 heterocycles. The minimum absolute atomic E-state index is 0. The molecule has 0 spiro atoms. The Labute approximate surface area is 202 Å². The molecule has 0 aliphatic carbocycles. The minimum Gasteiger partial charge on any atom is -0.444 e. The molecule has 0 aromatic heterocycles. The van der Waals surface area contributed by atoms with Crippen molar-refractivity contribution < 1.29 is 17.9 Å². The van der Waals surface area contributed by atoms with Crippen LogP contribution in [0.5, 0.6) is 0 Å². The second-order valence-electron chi connectivity index (χ2n) is 8.24. The molecule has 2 fully saturated rings. The van der Waals surface area contributed by atoms with Crippen LogP contribution in [0.25, 0.3) is 0 Å². The van der Waals surface area contributed by atoms with Crippen LogP contribution in [-0.4, -0.2) is 98.3 Å². The standard InChI is InChI=1S/C18H35N5O4S2.HI/c1-18(2,3)27-17(24)22-8-5-6-15(14-22)21-16(19-4)20-7-13-29(25,26)23-9-11-28-12-10-23;/h15H,5-14H2,1-4H3,(H2,19,20,21);1H. The van der Waals surface area contributed by atoms with E-state index in [1.165, 1.54) is 0 Å². The number of thioether (sulfide) groups is 1. The Hall–Kier alpha value is -0.470. The average molecular weight is 578 g/mol. The van der Waals surface area contributed by atoms with E-state index in [0.29, 0.717) is 32.1 Å². The van der Waals surface area contributed by atoms with Crippen LogP contribution in [-0.2, 0) is 14.8 Å². The average Bonchev–Trinajstić information content (AvgIpc) is 2.66. The van der Waals surface area contributed by atoms with Crippen molar-refractivity contribution in [3.63, 3.8) is 0 Å². The fourth-order valence-electron chi connectivity index (χ4n) is 3.23. The Morgan fingerprint density at radius 3 is 2.50 bits per heavy atom. The van der Waals surface area contributed by atoms with E-state index < -0.39 is 15.6 Å². The third kappa shape index (κ3) is 9.35. The van der Waals surface area contributed by atoms with Gasteiger partial charge in [0.05, 0.1) is 5.75 Å². The zero-order valence-electron chi connectivity index (χ0n) is 18.3. The molecule has 0 aromatic rings. The number of guanidine groups is 1. The summed E-state index contributed by atoms with van der Waals surface area (Å²) in [6.45, 7) is 8.22.